The van der Waals surface area contributed by atoms with Gasteiger partial charge in [-0.3, -0.25) is 9.78 Å². The molecule has 1 heterocycles. The van der Waals surface area contributed by atoms with Crippen LogP contribution in [0.15, 0.2) is 94.8 Å². The van der Waals surface area contributed by atoms with Crippen LogP contribution in [-0.2, 0) is 6.42 Å². The fraction of sp³-hybridized carbons (Fsp3) is 0.148. The number of methoxy groups -OCH3 is 1. The zero-order valence-corrected chi connectivity index (χ0v) is 18.9. The number of nitrogens with one attached hydrogen (secondary N) is 2. The quantitative estimate of drug-likeness (QED) is 0.202. The summed E-state index contributed by atoms with van der Waals surface area (Å²) in [5.74, 6) is 1.81. The molecule has 0 saturated carbocycles. The summed E-state index contributed by atoms with van der Waals surface area (Å²) in [5.41, 5.74) is 6.06. The van der Waals surface area contributed by atoms with E-state index in [1.165, 1.54) is 11.6 Å². The summed E-state index contributed by atoms with van der Waals surface area (Å²) in [6.45, 7) is 0.660. The number of aryl methyl sites for hydroxylation is 1. The zero-order valence-electron chi connectivity index (χ0n) is 18.9. The van der Waals surface area contributed by atoms with E-state index in [4.69, 9.17) is 9.47 Å². The molecular formula is C27H26N4O3. The predicted octanol–water partition coefficient (Wildman–Crippen LogP) is 4.90. The van der Waals surface area contributed by atoms with Gasteiger partial charge in [-0.2, -0.15) is 5.10 Å². The molecule has 0 radical (unpaired) electrons. The molecule has 1 aromatic heterocycles. The smallest absolute Gasteiger partial charge is 0.252 e. The Morgan fingerprint density at radius 3 is 2.44 bits per heavy atom. The Hall–Kier alpha value is -4.39. The first kappa shape index (κ1) is 22.8. The largest absolute Gasteiger partial charge is 0.497 e. The van der Waals surface area contributed by atoms with Crippen molar-refractivity contribution in [3.63, 3.8) is 0 Å². The van der Waals surface area contributed by atoms with Gasteiger partial charge in [0.05, 0.1) is 25.6 Å². The molecule has 0 spiro atoms. The monoisotopic (exact) mass is 454 g/mol. The highest BCUT2D eigenvalue weighted by Gasteiger charge is 2.04. The van der Waals surface area contributed by atoms with E-state index in [1.807, 2.05) is 54.6 Å². The minimum atomic E-state index is -0.271. The van der Waals surface area contributed by atoms with Crippen LogP contribution in [0.3, 0.4) is 0 Å². The molecular weight excluding hydrogens is 428 g/mol. The summed E-state index contributed by atoms with van der Waals surface area (Å²) in [7, 11) is 1.61. The van der Waals surface area contributed by atoms with Gasteiger partial charge in [0.25, 0.3) is 5.56 Å². The second-order valence-electron chi connectivity index (χ2n) is 7.58. The molecule has 0 aliphatic heterocycles. The van der Waals surface area contributed by atoms with Crippen LogP contribution in [0.4, 0.5) is 5.95 Å². The Morgan fingerprint density at radius 2 is 1.71 bits per heavy atom. The molecule has 172 valence electrons. The van der Waals surface area contributed by atoms with Crippen molar-refractivity contribution in [1.82, 2.24) is 9.97 Å². The summed E-state index contributed by atoms with van der Waals surface area (Å²) in [5, 5.41) is 4.19. The SMILES string of the molecule is COc1ccc(-c2cc(=O)[nH]c(N/N=C\c3ccc(OCCCc4ccccc4)cc3)n2)cc1. The third kappa shape index (κ3) is 6.56. The molecule has 0 aliphatic carbocycles. The van der Waals surface area contributed by atoms with Gasteiger partial charge in [0.15, 0.2) is 0 Å². The molecule has 0 amide bonds. The molecule has 34 heavy (non-hydrogen) atoms. The first-order chi connectivity index (χ1) is 16.7. The van der Waals surface area contributed by atoms with Crippen LogP contribution in [0, 0.1) is 0 Å². The molecule has 4 rings (SSSR count). The number of aromatic nitrogens is 2. The fourth-order valence-electron chi connectivity index (χ4n) is 3.35. The molecule has 0 unspecified atom stereocenters. The summed E-state index contributed by atoms with van der Waals surface area (Å²) in [4.78, 5) is 19.1. The summed E-state index contributed by atoms with van der Waals surface area (Å²) in [6.07, 6.45) is 3.60. The first-order valence-electron chi connectivity index (χ1n) is 11.0. The molecule has 0 saturated heterocycles. The van der Waals surface area contributed by atoms with Crippen LogP contribution >= 0.6 is 0 Å². The van der Waals surface area contributed by atoms with Crippen molar-refractivity contribution in [2.75, 3.05) is 19.1 Å². The molecule has 0 fully saturated rings. The van der Waals surface area contributed by atoms with Gasteiger partial charge in [-0.25, -0.2) is 10.4 Å². The van der Waals surface area contributed by atoms with E-state index >= 15 is 0 Å². The maximum atomic E-state index is 12.0. The number of hydrogen-bond donors (Lipinski definition) is 2. The predicted molar refractivity (Wildman–Crippen MR) is 135 cm³/mol. The van der Waals surface area contributed by atoms with Crippen molar-refractivity contribution in [2.24, 2.45) is 5.10 Å². The third-order valence-corrected chi connectivity index (χ3v) is 5.11. The number of hydrazone groups is 1. The van der Waals surface area contributed by atoms with Crippen LogP contribution in [0.25, 0.3) is 11.3 Å². The van der Waals surface area contributed by atoms with E-state index in [2.05, 4.69) is 44.8 Å². The number of rotatable bonds is 10. The molecule has 7 nitrogen and oxygen atoms in total. The van der Waals surface area contributed by atoms with Gasteiger partial charge in [0.1, 0.15) is 11.5 Å². The van der Waals surface area contributed by atoms with Crippen LogP contribution in [-0.4, -0.2) is 29.9 Å². The number of H-pyrrole nitrogens is 1. The van der Waals surface area contributed by atoms with E-state index in [0.717, 1.165) is 35.5 Å². The topological polar surface area (TPSA) is 88.6 Å². The van der Waals surface area contributed by atoms with Gasteiger partial charge in [-0.1, -0.05) is 30.3 Å². The summed E-state index contributed by atoms with van der Waals surface area (Å²) in [6, 6.07) is 26.8. The zero-order chi connectivity index (χ0) is 23.6. The average Bonchev–Trinajstić information content (AvgIpc) is 2.88. The Kier molecular flexibility index (Phi) is 7.69. The lowest BCUT2D eigenvalue weighted by Crippen LogP contribution is -2.10. The maximum Gasteiger partial charge on any atom is 0.252 e. The van der Waals surface area contributed by atoms with E-state index in [1.54, 1.807) is 13.3 Å². The fourth-order valence-corrected chi connectivity index (χ4v) is 3.35. The number of anilines is 1. The van der Waals surface area contributed by atoms with Gasteiger partial charge in [0, 0.05) is 11.6 Å². The Morgan fingerprint density at radius 1 is 0.971 bits per heavy atom. The Balaban J connectivity index is 1.30. The summed E-state index contributed by atoms with van der Waals surface area (Å²) >= 11 is 0. The number of nitrogens with zero attached hydrogens (tertiary/aromatic N) is 2. The Bertz CT molecular complexity index is 1270. The highest BCUT2D eigenvalue weighted by molar-refractivity contribution is 5.80. The molecule has 0 atom stereocenters. The highest BCUT2D eigenvalue weighted by atomic mass is 16.5. The molecule has 3 aromatic carbocycles. The number of ether oxygens (including phenoxy) is 2. The number of hydrogen-bond acceptors (Lipinski definition) is 6. The molecule has 0 bridgehead atoms. The standard InChI is InChI=1S/C27H26N4O3/c1-33-23-15-11-22(12-16-23)25-18-26(32)30-27(29-25)31-28-19-21-9-13-24(14-10-21)34-17-5-8-20-6-3-2-4-7-20/h2-4,6-7,9-16,18-19H,5,8,17H2,1H3,(H2,29,30,31,32)/b28-19-. The minimum absolute atomic E-state index is 0.257. The number of benzene rings is 3. The molecule has 4 aromatic rings. The Labute approximate surface area is 198 Å². The van der Waals surface area contributed by atoms with Crippen molar-refractivity contribution >= 4 is 12.2 Å². The normalized spacial score (nSPS) is 10.9. The first-order valence-corrected chi connectivity index (χ1v) is 11.0. The lowest BCUT2D eigenvalue weighted by Gasteiger charge is -2.07. The average molecular weight is 455 g/mol. The third-order valence-electron chi connectivity index (χ3n) is 5.11. The van der Waals surface area contributed by atoms with E-state index in [9.17, 15) is 4.79 Å². The van der Waals surface area contributed by atoms with Crippen molar-refractivity contribution in [1.29, 1.82) is 0 Å². The van der Waals surface area contributed by atoms with Crippen molar-refractivity contribution < 1.29 is 9.47 Å². The van der Waals surface area contributed by atoms with Crippen molar-refractivity contribution in [3.05, 3.63) is 106 Å². The second kappa shape index (κ2) is 11.5. The van der Waals surface area contributed by atoms with E-state index in [0.29, 0.717) is 12.3 Å². The van der Waals surface area contributed by atoms with Crippen LogP contribution in [0.5, 0.6) is 11.5 Å². The van der Waals surface area contributed by atoms with E-state index < -0.39 is 0 Å². The van der Waals surface area contributed by atoms with Gasteiger partial charge < -0.3 is 9.47 Å². The lowest BCUT2D eigenvalue weighted by atomic mass is 10.1. The van der Waals surface area contributed by atoms with E-state index in [-0.39, 0.29) is 11.5 Å². The lowest BCUT2D eigenvalue weighted by molar-refractivity contribution is 0.311. The molecule has 0 aliphatic rings. The molecule has 2 N–H and O–H groups in total. The molecule has 7 heteroatoms. The van der Waals surface area contributed by atoms with Crippen LogP contribution in [0.1, 0.15) is 17.5 Å². The van der Waals surface area contributed by atoms with Gasteiger partial charge in [-0.05, 0) is 72.5 Å². The van der Waals surface area contributed by atoms with Crippen molar-refractivity contribution in [3.8, 4) is 22.8 Å². The maximum absolute atomic E-state index is 12.0. The van der Waals surface area contributed by atoms with Crippen LogP contribution < -0.4 is 20.5 Å². The van der Waals surface area contributed by atoms with Gasteiger partial charge >= 0.3 is 0 Å². The van der Waals surface area contributed by atoms with Gasteiger partial charge in [0.2, 0.25) is 5.95 Å². The summed E-state index contributed by atoms with van der Waals surface area (Å²) < 4.78 is 11.0. The minimum Gasteiger partial charge on any atom is -0.497 e. The number of aromatic amines is 1. The van der Waals surface area contributed by atoms with Crippen LogP contribution in [0.2, 0.25) is 0 Å². The highest BCUT2D eigenvalue weighted by Crippen LogP contribution is 2.20. The second-order valence-corrected chi connectivity index (χ2v) is 7.58. The van der Waals surface area contributed by atoms with Gasteiger partial charge in [-0.15, -0.1) is 0 Å². The van der Waals surface area contributed by atoms with Crippen molar-refractivity contribution in [2.45, 2.75) is 12.8 Å².